The first-order chi connectivity index (χ1) is 13.2. The highest BCUT2D eigenvalue weighted by atomic mass is 16.5. The number of fused-ring (bicyclic) bond motifs is 2. The third kappa shape index (κ3) is 3.77. The highest BCUT2D eigenvalue weighted by Gasteiger charge is 2.40. The highest BCUT2D eigenvalue weighted by Crippen LogP contribution is 2.39. The number of carbonyl (C=O) groups excluding carboxylic acids is 1. The van der Waals surface area contributed by atoms with Crippen molar-refractivity contribution in [1.82, 2.24) is 9.88 Å². The van der Waals surface area contributed by atoms with Crippen LogP contribution in [-0.4, -0.2) is 34.9 Å². The van der Waals surface area contributed by atoms with Crippen LogP contribution in [-0.2, 0) is 6.54 Å². The average Bonchev–Trinajstić information content (AvgIpc) is 2.68. The molecule has 0 radical (unpaired) electrons. The number of carbonyl (C=O) groups is 1. The topological polar surface area (TPSA) is 42.4 Å². The molecule has 4 heteroatoms. The number of ketones is 1. The van der Waals surface area contributed by atoms with Gasteiger partial charge in [0.15, 0.2) is 5.78 Å². The molecule has 0 N–H and O–H groups in total. The summed E-state index contributed by atoms with van der Waals surface area (Å²) in [6.07, 6.45) is 7.31. The van der Waals surface area contributed by atoms with E-state index in [1.54, 1.807) is 13.3 Å². The van der Waals surface area contributed by atoms with Crippen molar-refractivity contribution in [2.75, 3.05) is 7.11 Å². The second-order valence-electron chi connectivity index (χ2n) is 7.97. The Bertz CT molecular complexity index is 791. The number of benzene rings is 1. The van der Waals surface area contributed by atoms with Crippen molar-refractivity contribution in [2.24, 2.45) is 5.92 Å². The van der Waals surface area contributed by atoms with Crippen LogP contribution in [0.2, 0.25) is 0 Å². The fraction of sp³-hybridized carbons (Fsp3) is 0.478. The minimum Gasteiger partial charge on any atom is -0.481 e. The molecule has 0 saturated carbocycles. The molecule has 2 fully saturated rings. The lowest BCUT2D eigenvalue weighted by atomic mass is 9.75. The molecule has 2 unspecified atom stereocenters. The standard InChI is InChI=1S/C23H28N2O2/c1-16-11-22(27-2)24-14-21(16)23(26)18-12-19-9-6-10-20(13-18)25(19)15-17-7-4-3-5-8-17/h3-5,7-8,11,14,18-20H,6,9-10,12-13,15H2,1-2H3. The molecule has 0 amide bonds. The summed E-state index contributed by atoms with van der Waals surface area (Å²) in [6, 6.07) is 13.6. The van der Waals surface area contributed by atoms with Gasteiger partial charge < -0.3 is 4.74 Å². The van der Waals surface area contributed by atoms with E-state index in [-0.39, 0.29) is 11.7 Å². The molecule has 0 aliphatic carbocycles. The van der Waals surface area contributed by atoms with Crippen molar-refractivity contribution in [3.8, 4) is 5.88 Å². The third-order valence-corrected chi connectivity index (χ3v) is 6.26. The van der Waals surface area contributed by atoms with Crippen molar-refractivity contribution in [3.05, 3.63) is 59.3 Å². The van der Waals surface area contributed by atoms with Crippen LogP contribution in [0.3, 0.4) is 0 Å². The number of aryl methyl sites for hydroxylation is 1. The molecule has 2 aliphatic heterocycles. The minimum absolute atomic E-state index is 0.112. The first kappa shape index (κ1) is 18.2. The maximum atomic E-state index is 13.2. The Morgan fingerprint density at radius 2 is 1.89 bits per heavy atom. The zero-order valence-corrected chi connectivity index (χ0v) is 16.2. The number of rotatable bonds is 5. The summed E-state index contributed by atoms with van der Waals surface area (Å²) in [4.78, 5) is 20.1. The molecule has 142 valence electrons. The van der Waals surface area contributed by atoms with Crippen LogP contribution in [0, 0.1) is 12.8 Å². The van der Waals surface area contributed by atoms with Crippen LogP contribution >= 0.6 is 0 Å². The summed E-state index contributed by atoms with van der Waals surface area (Å²) in [6.45, 7) is 2.98. The van der Waals surface area contributed by atoms with E-state index < -0.39 is 0 Å². The first-order valence-corrected chi connectivity index (χ1v) is 10.00. The number of piperidine rings is 2. The molecule has 1 aromatic heterocycles. The molecule has 2 saturated heterocycles. The van der Waals surface area contributed by atoms with Gasteiger partial charge in [0, 0.05) is 42.4 Å². The molecule has 27 heavy (non-hydrogen) atoms. The van der Waals surface area contributed by atoms with Crippen molar-refractivity contribution in [1.29, 1.82) is 0 Å². The lowest BCUT2D eigenvalue weighted by Crippen LogP contribution is -2.52. The van der Waals surface area contributed by atoms with Gasteiger partial charge in [-0.25, -0.2) is 4.98 Å². The van der Waals surface area contributed by atoms with Crippen molar-refractivity contribution >= 4 is 5.78 Å². The van der Waals surface area contributed by atoms with Gasteiger partial charge in [0.05, 0.1) is 7.11 Å². The van der Waals surface area contributed by atoms with Crippen LogP contribution in [0.5, 0.6) is 5.88 Å². The third-order valence-electron chi connectivity index (χ3n) is 6.26. The zero-order chi connectivity index (χ0) is 18.8. The van der Waals surface area contributed by atoms with E-state index in [1.807, 2.05) is 13.0 Å². The molecule has 2 bridgehead atoms. The predicted molar refractivity (Wildman–Crippen MR) is 106 cm³/mol. The van der Waals surface area contributed by atoms with Gasteiger partial charge in [-0.3, -0.25) is 9.69 Å². The Labute approximate surface area is 161 Å². The van der Waals surface area contributed by atoms with Gasteiger partial charge in [0.2, 0.25) is 5.88 Å². The van der Waals surface area contributed by atoms with Crippen LogP contribution in [0.25, 0.3) is 0 Å². The summed E-state index contributed by atoms with van der Waals surface area (Å²) in [5, 5.41) is 0. The normalized spacial score (nSPS) is 25.2. The molecule has 0 spiro atoms. The molecule has 2 atom stereocenters. The van der Waals surface area contributed by atoms with Gasteiger partial charge in [-0.15, -0.1) is 0 Å². The monoisotopic (exact) mass is 364 g/mol. The minimum atomic E-state index is 0.112. The summed E-state index contributed by atoms with van der Waals surface area (Å²) < 4.78 is 5.18. The van der Waals surface area contributed by atoms with Gasteiger partial charge in [0.1, 0.15) is 0 Å². The number of ether oxygens (including phenoxy) is 1. The molecule has 4 rings (SSSR count). The zero-order valence-electron chi connectivity index (χ0n) is 16.2. The molecule has 2 aromatic rings. The fourth-order valence-electron chi connectivity index (χ4n) is 4.86. The fourth-order valence-corrected chi connectivity index (χ4v) is 4.86. The maximum Gasteiger partial charge on any atom is 0.213 e. The number of hydrogen-bond donors (Lipinski definition) is 0. The molecular weight excluding hydrogens is 336 g/mol. The van der Waals surface area contributed by atoms with Crippen molar-refractivity contribution in [3.63, 3.8) is 0 Å². The number of hydrogen-bond acceptors (Lipinski definition) is 4. The van der Waals surface area contributed by atoms with Gasteiger partial charge in [-0.1, -0.05) is 36.8 Å². The van der Waals surface area contributed by atoms with Gasteiger partial charge in [-0.05, 0) is 43.7 Å². The lowest BCUT2D eigenvalue weighted by molar-refractivity contribution is 0.00903. The van der Waals surface area contributed by atoms with E-state index >= 15 is 0 Å². The summed E-state index contributed by atoms with van der Waals surface area (Å²) in [5.74, 6) is 0.943. The van der Waals surface area contributed by atoms with Crippen molar-refractivity contribution < 1.29 is 9.53 Å². The van der Waals surface area contributed by atoms with Crippen LogP contribution in [0.15, 0.2) is 42.6 Å². The Kier molecular flexibility index (Phi) is 5.26. The lowest BCUT2D eigenvalue weighted by Gasteiger charge is -2.48. The Morgan fingerprint density at radius 1 is 1.19 bits per heavy atom. The number of nitrogens with zero attached hydrogens (tertiary/aromatic N) is 2. The Morgan fingerprint density at radius 3 is 2.52 bits per heavy atom. The Balaban J connectivity index is 1.50. The van der Waals surface area contributed by atoms with E-state index in [0.717, 1.165) is 30.5 Å². The molecule has 1 aromatic carbocycles. The number of pyridine rings is 1. The number of Topliss-reactive ketones (excluding diaryl/α,β-unsaturated/α-hetero) is 1. The van der Waals surface area contributed by atoms with Gasteiger partial charge in [-0.2, -0.15) is 0 Å². The average molecular weight is 364 g/mol. The number of methoxy groups -OCH3 is 1. The molecule has 4 nitrogen and oxygen atoms in total. The van der Waals surface area contributed by atoms with Crippen molar-refractivity contribution in [2.45, 2.75) is 57.7 Å². The second kappa shape index (κ2) is 7.81. The smallest absolute Gasteiger partial charge is 0.213 e. The largest absolute Gasteiger partial charge is 0.481 e. The van der Waals surface area contributed by atoms with Crippen LogP contribution < -0.4 is 4.74 Å². The maximum absolute atomic E-state index is 13.2. The summed E-state index contributed by atoms with van der Waals surface area (Å²) >= 11 is 0. The van der Waals surface area contributed by atoms with E-state index in [2.05, 4.69) is 40.2 Å². The van der Waals surface area contributed by atoms with Crippen LogP contribution in [0.1, 0.15) is 53.6 Å². The second-order valence-corrected chi connectivity index (χ2v) is 7.97. The van der Waals surface area contributed by atoms with E-state index in [9.17, 15) is 4.79 Å². The molecule has 3 heterocycles. The number of aromatic nitrogens is 1. The summed E-state index contributed by atoms with van der Waals surface area (Å²) in [7, 11) is 1.60. The molecular formula is C23H28N2O2. The SMILES string of the molecule is COc1cc(C)c(C(=O)C2CC3CCCC(C2)N3Cc2ccccc2)cn1. The summed E-state index contributed by atoms with van der Waals surface area (Å²) in [5.41, 5.74) is 3.09. The Hall–Kier alpha value is -2.20. The molecule has 2 aliphatic rings. The van der Waals surface area contributed by atoms with Gasteiger partial charge >= 0.3 is 0 Å². The van der Waals surface area contributed by atoms with E-state index in [0.29, 0.717) is 18.0 Å². The quantitative estimate of drug-likeness (QED) is 0.737. The van der Waals surface area contributed by atoms with Gasteiger partial charge in [0.25, 0.3) is 0 Å². The van der Waals surface area contributed by atoms with E-state index in [4.69, 9.17) is 4.74 Å². The first-order valence-electron chi connectivity index (χ1n) is 10.00. The highest BCUT2D eigenvalue weighted by molar-refractivity contribution is 5.99. The van der Waals surface area contributed by atoms with E-state index in [1.165, 1.54) is 24.8 Å². The predicted octanol–water partition coefficient (Wildman–Crippen LogP) is 4.41. The van der Waals surface area contributed by atoms with Crippen LogP contribution in [0.4, 0.5) is 0 Å².